The zero-order chi connectivity index (χ0) is 13.6. The number of hydrogen-bond acceptors (Lipinski definition) is 3. The molecule has 4 heteroatoms. The van der Waals surface area contributed by atoms with Gasteiger partial charge in [0.1, 0.15) is 0 Å². The Bertz CT molecular complexity index is 265. The molecule has 0 bridgehead atoms. The number of carbonyl (C=O) groups excluding carboxylic acids is 1. The highest BCUT2D eigenvalue weighted by Gasteiger charge is 2.38. The van der Waals surface area contributed by atoms with E-state index in [1.807, 2.05) is 0 Å². The lowest BCUT2D eigenvalue weighted by atomic mass is 9.76. The summed E-state index contributed by atoms with van der Waals surface area (Å²) in [7, 11) is 1.66. The first kappa shape index (κ1) is 15.4. The van der Waals surface area contributed by atoms with Crippen LogP contribution in [0.5, 0.6) is 0 Å². The average Bonchev–Trinajstić information content (AvgIpc) is 2.29. The van der Waals surface area contributed by atoms with Gasteiger partial charge in [-0.15, -0.1) is 0 Å². The highest BCUT2D eigenvalue weighted by Crippen LogP contribution is 2.30. The van der Waals surface area contributed by atoms with Gasteiger partial charge in [0.15, 0.2) is 0 Å². The van der Waals surface area contributed by atoms with Crippen LogP contribution in [0.15, 0.2) is 0 Å². The van der Waals surface area contributed by atoms with E-state index in [1.165, 1.54) is 6.42 Å². The van der Waals surface area contributed by atoms with Crippen LogP contribution in [-0.4, -0.2) is 31.2 Å². The van der Waals surface area contributed by atoms with Crippen LogP contribution >= 0.6 is 0 Å². The highest BCUT2D eigenvalue weighted by molar-refractivity contribution is 5.86. The lowest BCUT2D eigenvalue weighted by Crippen LogP contribution is -2.58. The van der Waals surface area contributed by atoms with Crippen molar-refractivity contribution in [2.24, 2.45) is 11.7 Å². The quantitative estimate of drug-likeness (QED) is 0.762. The van der Waals surface area contributed by atoms with Gasteiger partial charge in [0, 0.05) is 7.11 Å². The van der Waals surface area contributed by atoms with Crippen molar-refractivity contribution in [1.82, 2.24) is 5.32 Å². The van der Waals surface area contributed by atoms with Crippen LogP contribution in [0.1, 0.15) is 52.4 Å². The monoisotopic (exact) mass is 256 g/mol. The van der Waals surface area contributed by atoms with Gasteiger partial charge in [0.2, 0.25) is 5.91 Å². The first-order valence-corrected chi connectivity index (χ1v) is 7.10. The SMILES string of the molecule is CCCC(COC)NC(=O)C1(N)CCCC(C)C1. The lowest BCUT2D eigenvalue weighted by molar-refractivity contribution is -0.129. The van der Waals surface area contributed by atoms with E-state index in [0.29, 0.717) is 12.5 Å². The minimum absolute atomic E-state index is 0.00421. The maximum absolute atomic E-state index is 12.3. The van der Waals surface area contributed by atoms with E-state index in [4.69, 9.17) is 10.5 Å². The molecule has 3 N–H and O–H groups in total. The Morgan fingerprint density at radius 1 is 1.61 bits per heavy atom. The predicted molar refractivity (Wildman–Crippen MR) is 73.3 cm³/mol. The summed E-state index contributed by atoms with van der Waals surface area (Å²) in [4.78, 5) is 12.3. The molecule has 0 aromatic rings. The van der Waals surface area contributed by atoms with Gasteiger partial charge in [0.25, 0.3) is 0 Å². The second-order valence-corrected chi connectivity index (χ2v) is 5.77. The second kappa shape index (κ2) is 7.10. The molecule has 0 saturated heterocycles. The summed E-state index contributed by atoms with van der Waals surface area (Å²) in [5.41, 5.74) is 5.61. The highest BCUT2D eigenvalue weighted by atomic mass is 16.5. The molecule has 3 unspecified atom stereocenters. The van der Waals surface area contributed by atoms with E-state index in [1.54, 1.807) is 7.11 Å². The fourth-order valence-corrected chi connectivity index (χ4v) is 2.87. The largest absolute Gasteiger partial charge is 0.383 e. The number of rotatable bonds is 6. The van der Waals surface area contributed by atoms with Gasteiger partial charge >= 0.3 is 0 Å². The number of nitrogens with two attached hydrogens (primary N) is 1. The van der Waals surface area contributed by atoms with Crippen molar-refractivity contribution in [3.8, 4) is 0 Å². The standard InChI is InChI=1S/C14H28N2O2/c1-4-6-12(10-18-3)16-13(17)14(15)8-5-7-11(2)9-14/h11-12H,4-10,15H2,1-3H3,(H,16,17). The van der Waals surface area contributed by atoms with E-state index in [-0.39, 0.29) is 11.9 Å². The molecule has 0 aliphatic heterocycles. The Labute approximate surface area is 111 Å². The molecule has 0 aromatic heterocycles. The Balaban J connectivity index is 2.56. The molecule has 0 heterocycles. The molecule has 3 atom stereocenters. The summed E-state index contributed by atoms with van der Waals surface area (Å²) < 4.78 is 5.14. The third-order valence-electron chi connectivity index (χ3n) is 3.82. The Morgan fingerprint density at radius 2 is 2.33 bits per heavy atom. The molecule has 1 rings (SSSR count). The minimum Gasteiger partial charge on any atom is -0.383 e. The van der Waals surface area contributed by atoms with Crippen molar-refractivity contribution < 1.29 is 9.53 Å². The van der Waals surface area contributed by atoms with Crippen LogP contribution in [0.25, 0.3) is 0 Å². The van der Waals surface area contributed by atoms with Gasteiger partial charge in [-0.25, -0.2) is 0 Å². The van der Waals surface area contributed by atoms with E-state index in [0.717, 1.165) is 32.1 Å². The number of nitrogens with one attached hydrogen (secondary N) is 1. The van der Waals surface area contributed by atoms with Gasteiger partial charge in [-0.2, -0.15) is 0 Å². The van der Waals surface area contributed by atoms with Gasteiger partial charge in [0.05, 0.1) is 18.2 Å². The maximum atomic E-state index is 12.3. The molecule has 18 heavy (non-hydrogen) atoms. The van der Waals surface area contributed by atoms with Crippen LogP contribution in [0.3, 0.4) is 0 Å². The van der Waals surface area contributed by atoms with E-state index in [2.05, 4.69) is 19.2 Å². The Morgan fingerprint density at radius 3 is 2.89 bits per heavy atom. The maximum Gasteiger partial charge on any atom is 0.240 e. The van der Waals surface area contributed by atoms with E-state index in [9.17, 15) is 4.79 Å². The van der Waals surface area contributed by atoms with Gasteiger partial charge in [-0.3, -0.25) is 4.79 Å². The topological polar surface area (TPSA) is 64.3 Å². The Kier molecular flexibility index (Phi) is 6.09. The number of carbonyl (C=O) groups is 1. The van der Waals surface area contributed by atoms with Crippen LogP contribution in [-0.2, 0) is 9.53 Å². The van der Waals surface area contributed by atoms with Crippen LogP contribution in [0.2, 0.25) is 0 Å². The third-order valence-corrected chi connectivity index (χ3v) is 3.82. The fraction of sp³-hybridized carbons (Fsp3) is 0.929. The van der Waals surface area contributed by atoms with Gasteiger partial charge in [-0.1, -0.05) is 33.1 Å². The van der Waals surface area contributed by atoms with Gasteiger partial charge < -0.3 is 15.8 Å². The number of hydrogen-bond donors (Lipinski definition) is 2. The fourth-order valence-electron chi connectivity index (χ4n) is 2.87. The molecule has 1 amide bonds. The number of amides is 1. The summed E-state index contributed by atoms with van der Waals surface area (Å²) in [6.07, 6.45) is 5.80. The van der Waals surface area contributed by atoms with Crippen molar-refractivity contribution >= 4 is 5.91 Å². The summed E-state index contributed by atoms with van der Waals surface area (Å²) >= 11 is 0. The van der Waals surface area contributed by atoms with E-state index >= 15 is 0 Å². The molecule has 4 nitrogen and oxygen atoms in total. The molecule has 1 saturated carbocycles. The van der Waals surface area contributed by atoms with Crippen molar-refractivity contribution in [3.05, 3.63) is 0 Å². The minimum atomic E-state index is -0.669. The molecule has 1 aliphatic rings. The Hall–Kier alpha value is -0.610. The number of methoxy groups -OCH3 is 1. The summed E-state index contributed by atoms with van der Waals surface area (Å²) in [6.45, 7) is 4.84. The van der Waals surface area contributed by atoms with Crippen LogP contribution in [0.4, 0.5) is 0 Å². The smallest absolute Gasteiger partial charge is 0.240 e. The van der Waals surface area contributed by atoms with Crippen LogP contribution in [0, 0.1) is 5.92 Å². The zero-order valence-electron chi connectivity index (χ0n) is 12.0. The zero-order valence-corrected chi connectivity index (χ0v) is 12.0. The molecular weight excluding hydrogens is 228 g/mol. The number of ether oxygens (including phenoxy) is 1. The first-order chi connectivity index (χ1) is 8.51. The third kappa shape index (κ3) is 4.25. The van der Waals surface area contributed by atoms with Crippen molar-refractivity contribution in [3.63, 3.8) is 0 Å². The van der Waals surface area contributed by atoms with Crippen molar-refractivity contribution in [2.45, 2.75) is 64.0 Å². The summed E-state index contributed by atoms with van der Waals surface area (Å²) in [6, 6.07) is 0.0881. The molecule has 1 fully saturated rings. The molecule has 1 aliphatic carbocycles. The van der Waals surface area contributed by atoms with E-state index < -0.39 is 5.54 Å². The molecule has 0 spiro atoms. The molecule has 106 valence electrons. The average molecular weight is 256 g/mol. The van der Waals surface area contributed by atoms with Crippen molar-refractivity contribution in [2.75, 3.05) is 13.7 Å². The molecule has 0 radical (unpaired) electrons. The molecular formula is C14H28N2O2. The van der Waals surface area contributed by atoms with Gasteiger partial charge in [-0.05, 0) is 25.2 Å². The predicted octanol–water partition coefficient (Wildman–Crippen LogP) is 1.83. The lowest BCUT2D eigenvalue weighted by Gasteiger charge is -2.36. The normalized spacial score (nSPS) is 29.9. The summed E-state index contributed by atoms with van der Waals surface area (Å²) in [5, 5.41) is 3.06. The first-order valence-electron chi connectivity index (χ1n) is 7.10. The van der Waals surface area contributed by atoms with Crippen molar-refractivity contribution in [1.29, 1.82) is 0 Å². The summed E-state index contributed by atoms with van der Waals surface area (Å²) in [5.74, 6) is 0.547. The molecule has 0 aromatic carbocycles. The van der Waals surface area contributed by atoms with Crippen LogP contribution < -0.4 is 11.1 Å². The second-order valence-electron chi connectivity index (χ2n) is 5.77.